The number of para-hydroxylation sites is 1. The van der Waals surface area contributed by atoms with E-state index in [1.807, 2.05) is 30.3 Å². The van der Waals surface area contributed by atoms with E-state index in [2.05, 4.69) is 25.3 Å². The van der Waals surface area contributed by atoms with Gasteiger partial charge in [0, 0.05) is 33.0 Å². The molecule has 1 fully saturated rings. The molecule has 2 aromatic rings. The lowest BCUT2D eigenvalue weighted by atomic mass is 10.1. The summed E-state index contributed by atoms with van der Waals surface area (Å²) in [6.07, 6.45) is 2.19. The third-order valence-electron chi connectivity index (χ3n) is 3.97. The second-order valence-corrected chi connectivity index (χ2v) is 5.75. The number of rotatable bonds is 4. The summed E-state index contributed by atoms with van der Waals surface area (Å²) in [5.41, 5.74) is 0. The Morgan fingerprint density at radius 3 is 2.71 bits per heavy atom. The molecule has 1 aromatic heterocycles. The van der Waals surface area contributed by atoms with Crippen LogP contribution < -0.4 is 10.1 Å². The number of aliphatic imine (C=N–C) groups is 1. The quantitative estimate of drug-likeness (QED) is 0.683. The molecule has 0 aliphatic carbocycles. The third-order valence-corrected chi connectivity index (χ3v) is 3.97. The van der Waals surface area contributed by atoms with Crippen LogP contribution in [0.4, 0.5) is 0 Å². The number of ether oxygens (including phenoxy) is 1. The molecule has 1 N–H and O–H groups in total. The average molecular weight is 329 g/mol. The highest BCUT2D eigenvalue weighted by atomic mass is 16.5. The van der Waals surface area contributed by atoms with Crippen molar-refractivity contribution in [3.8, 4) is 5.75 Å². The van der Waals surface area contributed by atoms with Gasteiger partial charge in [0.1, 0.15) is 11.9 Å². The molecule has 1 aliphatic rings. The first-order valence-electron chi connectivity index (χ1n) is 8.21. The Balaban J connectivity index is 1.47. The number of likely N-dealkylation sites (tertiary alicyclic amines) is 1. The molecule has 128 valence electrons. The molecular weight excluding hydrogens is 306 g/mol. The highest BCUT2D eigenvalue weighted by Gasteiger charge is 2.22. The number of aryl methyl sites for hydroxylation is 1. The fraction of sp³-hybridized carbons (Fsp3) is 0.471. The minimum absolute atomic E-state index is 0.250. The van der Waals surface area contributed by atoms with E-state index in [4.69, 9.17) is 9.26 Å². The molecule has 0 saturated carbocycles. The number of hydrogen-bond acceptors (Lipinski definition) is 5. The molecule has 0 spiro atoms. The zero-order valence-corrected chi connectivity index (χ0v) is 14.1. The molecule has 3 rings (SSSR count). The van der Waals surface area contributed by atoms with Gasteiger partial charge in [-0.15, -0.1) is 0 Å². The van der Waals surface area contributed by atoms with Crippen LogP contribution in [0.15, 0.2) is 39.8 Å². The number of piperidine rings is 1. The normalized spacial score (nSPS) is 16.2. The molecule has 1 saturated heterocycles. The van der Waals surface area contributed by atoms with Gasteiger partial charge in [0.05, 0.1) is 6.54 Å². The summed E-state index contributed by atoms with van der Waals surface area (Å²) in [4.78, 5) is 10.8. The van der Waals surface area contributed by atoms with Gasteiger partial charge in [-0.25, -0.2) is 0 Å². The maximum absolute atomic E-state index is 6.03. The number of nitrogens with one attached hydrogen (secondary N) is 1. The molecular formula is C17H23N5O2. The van der Waals surface area contributed by atoms with Crippen LogP contribution in [-0.2, 0) is 6.54 Å². The second kappa shape index (κ2) is 7.81. The van der Waals surface area contributed by atoms with Crippen molar-refractivity contribution >= 4 is 5.96 Å². The van der Waals surface area contributed by atoms with Gasteiger partial charge in [0.25, 0.3) is 0 Å². The number of benzene rings is 1. The molecule has 0 atom stereocenters. The van der Waals surface area contributed by atoms with Gasteiger partial charge in [-0.1, -0.05) is 23.4 Å². The Kier molecular flexibility index (Phi) is 5.30. The molecule has 1 aromatic carbocycles. The SMILES string of the molecule is CN=C(NCc1nc(C)no1)N1CCC(Oc2ccccc2)CC1. The van der Waals surface area contributed by atoms with Crippen molar-refractivity contribution in [3.05, 3.63) is 42.0 Å². The minimum atomic E-state index is 0.250. The van der Waals surface area contributed by atoms with Crippen LogP contribution in [0.5, 0.6) is 5.75 Å². The fourth-order valence-corrected chi connectivity index (χ4v) is 2.78. The van der Waals surface area contributed by atoms with Crippen molar-refractivity contribution in [1.29, 1.82) is 0 Å². The van der Waals surface area contributed by atoms with Crippen molar-refractivity contribution in [3.63, 3.8) is 0 Å². The van der Waals surface area contributed by atoms with Gasteiger partial charge < -0.3 is 19.5 Å². The molecule has 2 heterocycles. The van der Waals surface area contributed by atoms with Crippen LogP contribution in [0.3, 0.4) is 0 Å². The topological polar surface area (TPSA) is 75.8 Å². The lowest BCUT2D eigenvalue weighted by Crippen LogP contribution is -2.47. The fourth-order valence-electron chi connectivity index (χ4n) is 2.78. The summed E-state index contributed by atoms with van der Waals surface area (Å²) in [5.74, 6) is 2.99. The lowest BCUT2D eigenvalue weighted by molar-refractivity contribution is 0.129. The number of aromatic nitrogens is 2. The molecule has 1 aliphatic heterocycles. The summed E-state index contributed by atoms with van der Waals surface area (Å²) in [7, 11) is 1.79. The molecule has 0 unspecified atom stereocenters. The molecule has 0 bridgehead atoms. The Labute approximate surface area is 141 Å². The van der Waals surface area contributed by atoms with Gasteiger partial charge >= 0.3 is 0 Å². The van der Waals surface area contributed by atoms with E-state index in [0.29, 0.717) is 18.3 Å². The van der Waals surface area contributed by atoms with E-state index in [1.165, 1.54) is 0 Å². The van der Waals surface area contributed by atoms with Crippen molar-refractivity contribution in [1.82, 2.24) is 20.4 Å². The van der Waals surface area contributed by atoms with Crippen LogP contribution in [-0.4, -0.2) is 47.2 Å². The summed E-state index contributed by atoms with van der Waals surface area (Å²) in [6.45, 7) is 4.09. The zero-order chi connectivity index (χ0) is 16.8. The van der Waals surface area contributed by atoms with Crippen molar-refractivity contribution in [2.24, 2.45) is 4.99 Å². The van der Waals surface area contributed by atoms with Crippen LogP contribution in [0, 0.1) is 6.92 Å². The highest BCUT2D eigenvalue weighted by molar-refractivity contribution is 5.79. The van der Waals surface area contributed by atoms with E-state index in [9.17, 15) is 0 Å². The van der Waals surface area contributed by atoms with Gasteiger partial charge in [-0.2, -0.15) is 4.98 Å². The monoisotopic (exact) mass is 329 g/mol. The van der Waals surface area contributed by atoms with Crippen LogP contribution >= 0.6 is 0 Å². The summed E-state index contributed by atoms with van der Waals surface area (Å²) in [6, 6.07) is 9.99. The van der Waals surface area contributed by atoms with Crippen LogP contribution in [0.25, 0.3) is 0 Å². The van der Waals surface area contributed by atoms with E-state index in [0.717, 1.165) is 37.6 Å². The van der Waals surface area contributed by atoms with Gasteiger partial charge in [0.15, 0.2) is 11.8 Å². The Bertz CT molecular complexity index is 663. The molecule has 7 heteroatoms. The lowest BCUT2D eigenvalue weighted by Gasteiger charge is -2.34. The highest BCUT2D eigenvalue weighted by Crippen LogP contribution is 2.18. The Morgan fingerprint density at radius 2 is 2.08 bits per heavy atom. The van der Waals surface area contributed by atoms with E-state index in [-0.39, 0.29) is 6.10 Å². The van der Waals surface area contributed by atoms with Crippen molar-refractivity contribution in [2.75, 3.05) is 20.1 Å². The van der Waals surface area contributed by atoms with Crippen molar-refractivity contribution in [2.45, 2.75) is 32.4 Å². The smallest absolute Gasteiger partial charge is 0.246 e. The number of nitrogens with zero attached hydrogens (tertiary/aromatic N) is 4. The van der Waals surface area contributed by atoms with E-state index in [1.54, 1.807) is 14.0 Å². The molecule has 7 nitrogen and oxygen atoms in total. The maximum Gasteiger partial charge on any atom is 0.246 e. The molecule has 0 amide bonds. The van der Waals surface area contributed by atoms with E-state index >= 15 is 0 Å². The summed E-state index contributed by atoms with van der Waals surface area (Å²) < 4.78 is 11.1. The second-order valence-electron chi connectivity index (χ2n) is 5.75. The average Bonchev–Trinajstić information content (AvgIpc) is 3.03. The van der Waals surface area contributed by atoms with Gasteiger partial charge in [0.2, 0.25) is 5.89 Å². The van der Waals surface area contributed by atoms with E-state index < -0.39 is 0 Å². The Morgan fingerprint density at radius 1 is 1.33 bits per heavy atom. The predicted octanol–water partition coefficient (Wildman–Crippen LogP) is 2.00. The number of hydrogen-bond donors (Lipinski definition) is 1. The van der Waals surface area contributed by atoms with Gasteiger partial charge in [-0.05, 0) is 19.1 Å². The molecule has 24 heavy (non-hydrogen) atoms. The van der Waals surface area contributed by atoms with Gasteiger partial charge in [-0.3, -0.25) is 4.99 Å². The third kappa shape index (κ3) is 4.24. The zero-order valence-electron chi connectivity index (χ0n) is 14.1. The minimum Gasteiger partial charge on any atom is -0.490 e. The standard InChI is InChI=1S/C17H23N5O2/c1-13-20-16(24-21-13)12-19-17(18-2)22-10-8-15(9-11-22)23-14-6-4-3-5-7-14/h3-7,15H,8-12H2,1-2H3,(H,18,19). The summed E-state index contributed by atoms with van der Waals surface area (Å²) >= 11 is 0. The first-order valence-corrected chi connectivity index (χ1v) is 8.21. The van der Waals surface area contributed by atoms with Crippen LogP contribution in [0.1, 0.15) is 24.6 Å². The number of guanidine groups is 1. The van der Waals surface area contributed by atoms with Crippen LogP contribution in [0.2, 0.25) is 0 Å². The molecule has 0 radical (unpaired) electrons. The predicted molar refractivity (Wildman–Crippen MR) is 90.9 cm³/mol. The first kappa shape index (κ1) is 16.3. The Hall–Kier alpha value is -2.57. The van der Waals surface area contributed by atoms with Crippen molar-refractivity contribution < 1.29 is 9.26 Å². The maximum atomic E-state index is 6.03. The largest absolute Gasteiger partial charge is 0.490 e. The summed E-state index contributed by atoms with van der Waals surface area (Å²) in [5, 5.41) is 7.06. The first-order chi connectivity index (χ1) is 11.7.